The van der Waals surface area contributed by atoms with Crippen LogP contribution in [0.2, 0.25) is 0 Å². The van der Waals surface area contributed by atoms with E-state index in [4.69, 9.17) is 10.5 Å². The highest BCUT2D eigenvalue weighted by Crippen LogP contribution is 2.18. The van der Waals surface area contributed by atoms with Gasteiger partial charge in [0.2, 0.25) is 0 Å². The molecule has 1 amide bonds. The molecule has 6 heteroatoms. The number of nitrogens with zero attached hydrogens (tertiary/aromatic N) is 2. The minimum absolute atomic E-state index is 0.0671. The molecule has 3 N–H and O–H groups in total. The first kappa shape index (κ1) is 11.9. The molecule has 6 nitrogen and oxygen atoms in total. The Morgan fingerprint density at radius 2 is 2.47 bits per heavy atom. The summed E-state index contributed by atoms with van der Waals surface area (Å²) in [5.74, 6) is -0.116. The molecule has 0 aromatic carbocycles. The Balaban J connectivity index is 2.21. The molecule has 2 heterocycles. The summed E-state index contributed by atoms with van der Waals surface area (Å²) in [6, 6.07) is 0.0671. The first-order valence-corrected chi connectivity index (χ1v) is 5.86. The zero-order chi connectivity index (χ0) is 12.4. The van der Waals surface area contributed by atoms with Crippen molar-refractivity contribution in [1.82, 2.24) is 15.1 Å². The molecule has 0 spiro atoms. The van der Waals surface area contributed by atoms with Crippen LogP contribution in [-0.4, -0.2) is 46.8 Å². The van der Waals surface area contributed by atoms with Gasteiger partial charge in [-0.05, 0) is 13.3 Å². The van der Waals surface area contributed by atoms with Crippen molar-refractivity contribution < 1.29 is 9.53 Å². The first-order valence-electron chi connectivity index (χ1n) is 5.86. The highest BCUT2D eigenvalue weighted by atomic mass is 16.5. The van der Waals surface area contributed by atoms with Gasteiger partial charge in [0.1, 0.15) is 0 Å². The highest BCUT2D eigenvalue weighted by Gasteiger charge is 2.28. The van der Waals surface area contributed by atoms with Crippen molar-refractivity contribution in [3.8, 4) is 0 Å². The minimum atomic E-state index is -0.116. The summed E-state index contributed by atoms with van der Waals surface area (Å²) in [4.78, 5) is 14.0. The quantitative estimate of drug-likeness (QED) is 0.781. The number of nitrogen functional groups attached to an aromatic ring is 1. The molecule has 1 aliphatic rings. The van der Waals surface area contributed by atoms with Crippen molar-refractivity contribution in [2.24, 2.45) is 0 Å². The molecule has 1 aliphatic heterocycles. The van der Waals surface area contributed by atoms with E-state index in [1.807, 2.05) is 13.8 Å². The topological polar surface area (TPSA) is 84.2 Å². The molecule has 1 fully saturated rings. The minimum Gasteiger partial charge on any atom is -0.395 e. The third-order valence-electron chi connectivity index (χ3n) is 3.07. The predicted molar refractivity (Wildman–Crippen MR) is 63.7 cm³/mol. The molecule has 94 valence electrons. The number of carbonyl (C=O) groups excluding carboxylic acids is 1. The van der Waals surface area contributed by atoms with Crippen LogP contribution in [0, 0.1) is 0 Å². The number of nitrogens with two attached hydrogens (primary N) is 1. The molecule has 0 radical (unpaired) electrons. The number of amides is 1. The zero-order valence-electron chi connectivity index (χ0n) is 10.2. The monoisotopic (exact) mass is 238 g/mol. The SMILES string of the molecule is CCc1[nH]nc(C(=O)N2CCOCC2C)c1N. The number of ether oxygens (including phenoxy) is 1. The number of aromatic amines is 1. The van der Waals surface area contributed by atoms with Gasteiger partial charge in [0, 0.05) is 6.54 Å². The molecule has 0 bridgehead atoms. The number of hydrogen-bond donors (Lipinski definition) is 2. The van der Waals surface area contributed by atoms with Crippen molar-refractivity contribution >= 4 is 11.6 Å². The van der Waals surface area contributed by atoms with Gasteiger partial charge in [-0.1, -0.05) is 6.92 Å². The summed E-state index contributed by atoms with van der Waals surface area (Å²) in [5.41, 5.74) is 7.51. The Hall–Kier alpha value is -1.56. The number of aryl methyl sites for hydroxylation is 1. The Labute approximate surface area is 100 Å². The zero-order valence-corrected chi connectivity index (χ0v) is 10.2. The average molecular weight is 238 g/mol. The molecule has 1 atom stereocenters. The van der Waals surface area contributed by atoms with Crippen LogP contribution in [0.4, 0.5) is 5.69 Å². The summed E-state index contributed by atoms with van der Waals surface area (Å²) < 4.78 is 5.30. The number of morpholine rings is 1. The number of carbonyl (C=O) groups is 1. The van der Waals surface area contributed by atoms with Crippen LogP contribution in [0.25, 0.3) is 0 Å². The van der Waals surface area contributed by atoms with Gasteiger partial charge in [0.15, 0.2) is 5.69 Å². The second-order valence-corrected chi connectivity index (χ2v) is 4.24. The molecule has 1 saturated heterocycles. The van der Waals surface area contributed by atoms with Crippen molar-refractivity contribution in [3.63, 3.8) is 0 Å². The molecule has 0 aliphatic carbocycles. The van der Waals surface area contributed by atoms with Crippen LogP contribution >= 0.6 is 0 Å². The maximum absolute atomic E-state index is 12.3. The third-order valence-corrected chi connectivity index (χ3v) is 3.07. The second-order valence-electron chi connectivity index (χ2n) is 4.24. The largest absolute Gasteiger partial charge is 0.395 e. The fourth-order valence-corrected chi connectivity index (χ4v) is 1.98. The Morgan fingerprint density at radius 3 is 3.06 bits per heavy atom. The van der Waals surface area contributed by atoms with Crippen molar-refractivity contribution in [1.29, 1.82) is 0 Å². The van der Waals surface area contributed by atoms with Gasteiger partial charge in [0.05, 0.1) is 30.6 Å². The van der Waals surface area contributed by atoms with E-state index in [1.54, 1.807) is 4.90 Å². The fraction of sp³-hybridized carbons (Fsp3) is 0.636. The standard InChI is InChI=1S/C11H18N4O2/c1-3-8-9(12)10(14-13-8)11(16)15-4-5-17-6-7(15)2/h7H,3-6,12H2,1-2H3,(H,13,14). The van der Waals surface area contributed by atoms with Crippen molar-refractivity contribution in [3.05, 3.63) is 11.4 Å². The Kier molecular flexibility index (Phi) is 3.33. The van der Waals surface area contributed by atoms with Gasteiger partial charge in [0.25, 0.3) is 5.91 Å². The van der Waals surface area contributed by atoms with E-state index in [9.17, 15) is 4.79 Å². The lowest BCUT2D eigenvalue weighted by Gasteiger charge is -2.32. The summed E-state index contributed by atoms with van der Waals surface area (Å²) in [5, 5.41) is 6.82. The normalized spacial score (nSPS) is 20.6. The van der Waals surface area contributed by atoms with E-state index in [1.165, 1.54) is 0 Å². The Bertz CT molecular complexity index is 416. The molecule has 1 aromatic heterocycles. The fourth-order valence-electron chi connectivity index (χ4n) is 1.98. The Morgan fingerprint density at radius 1 is 1.71 bits per heavy atom. The van der Waals surface area contributed by atoms with Crippen LogP contribution < -0.4 is 5.73 Å². The predicted octanol–water partition coefficient (Wildman–Crippen LogP) is 0.415. The molecule has 1 aromatic rings. The van der Waals surface area contributed by atoms with Crippen LogP contribution in [0.5, 0.6) is 0 Å². The van der Waals surface area contributed by atoms with E-state index in [0.717, 1.165) is 12.1 Å². The lowest BCUT2D eigenvalue weighted by molar-refractivity contribution is 0.00333. The number of aromatic nitrogens is 2. The van der Waals surface area contributed by atoms with Gasteiger partial charge in [-0.15, -0.1) is 0 Å². The van der Waals surface area contributed by atoms with E-state index in [2.05, 4.69) is 10.2 Å². The molecular weight excluding hydrogens is 220 g/mol. The van der Waals surface area contributed by atoms with Crippen molar-refractivity contribution in [2.75, 3.05) is 25.5 Å². The number of rotatable bonds is 2. The van der Waals surface area contributed by atoms with E-state index >= 15 is 0 Å². The number of H-pyrrole nitrogens is 1. The summed E-state index contributed by atoms with van der Waals surface area (Å²) in [7, 11) is 0. The number of hydrogen-bond acceptors (Lipinski definition) is 4. The average Bonchev–Trinajstić information content (AvgIpc) is 2.70. The molecule has 0 saturated carbocycles. The lowest BCUT2D eigenvalue weighted by Crippen LogP contribution is -2.47. The van der Waals surface area contributed by atoms with Gasteiger partial charge >= 0.3 is 0 Å². The maximum atomic E-state index is 12.3. The van der Waals surface area contributed by atoms with Crippen LogP contribution in [0.1, 0.15) is 30.0 Å². The molecule has 2 rings (SSSR count). The molecule has 1 unspecified atom stereocenters. The highest BCUT2D eigenvalue weighted by molar-refractivity contribution is 5.97. The van der Waals surface area contributed by atoms with E-state index in [0.29, 0.717) is 31.1 Å². The molecule has 17 heavy (non-hydrogen) atoms. The summed E-state index contributed by atoms with van der Waals surface area (Å²) >= 11 is 0. The number of nitrogens with one attached hydrogen (secondary N) is 1. The second kappa shape index (κ2) is 4.75. The maximum Gasteiger partial charge on any atom is 0.276 e. The third kappa shape index (κ3) is 2.12. The van der Waals surface area contributed by atoms with Gasteiger partial charge in [-0.25, -0.2) is 0 Å². The smallest absolute Gasteiger partial charge is 0.276 e. The van der Waals surface area contributed by atoms with Crippen molar-refractivity contribution in [2.45, 2.75) is 26.3 Å². The lowest BCUT2D eigenvalue weighted by atomic mass is 10.2. The summed E-state index contributed by atoms with van der Waals surface area (Å²) in [6.45, 7) is 5.65. The van der Waals surface area contributed by atoms with E-state index < -0.39 is 0 Å². The van der Waals surface area contributed by atoms with Crippen LogP contribution in [0.15, 0.2) is 0 Å². The van der Waals surface area contributed by atoms with Crippen LogP contribution in [-0.2, 0) is 11.2 Å². The van der Waals surface area contributed by atoms with Gasteiger partial charge < -0.3 is 15.4 Å². The van der Waals surface area contributed by atoms with E-state index in [-0.39, 0.29) is 11.9 Å². The number of anilines is 1. The van der Waals surface area contributed by atoms with Crippen LogP contribution in [0.3, 0.4) is 0 Å². The van der Waals surface area contributed by atoms with Gasteiger partial charge in [-0.2, -0.15) is 5.10 Å². The summed E-state index contributed by atoms with van der Waals surface area (Å²) in [6.07, 6.45) is 0.741. The molecular formula is C11H18N4O2. The first-order chi connectivity index (χ1) is 8.15. The van der Waals surface area contributed by atoms with Gasteiger partial charge in [-0.3, -0.25) is 9.89 Å².